The van der Waals surface area contributed by atoms with Crippen molar-refractivity contribution in [2.24, 2.45) is 5.92 Å². The van der Waals surface area contributed by atoms with Crippen LogP contribution in [0, 0.1) is 12.8 Å². The van der Waals surface area contributed by atoms with Gasteiger partial charge >= 0.3 is 0 Å². The summed E-state index contributed by atoms with van der Waals surface area (Å²) < 4.78 is 0. The number of rotatable bonds is 6. The third-order valence-corrected chi connectivity index (χ3v) is 6.19. The number of piperidine rings is 1. The minimum absolute atomic E-state index is 0.0599. The molecule has 0 spiro atoms. The molecule has 3 heterocycles. The molecule has 0 saturated carbocycles. The number of pyridine rings is 1. The Bertz CT molecular complexity index is 1290. The summed E-state index contributed by atoms with van der Waals surface area (Å²) in [6, 6.07) is 20.2. The van der Waals surface area contributed by atoms with E-state index in [1.165, 1.54) is 5.56 Å². The molecule has 34 heavy (non-hydrogen) atoms. The van der Waals surface area contributed by atoms with Crippen LogP contribution in [0.4, 0.5) is 17.5 Å². The van der Waals surface area contributed by atoms with Crippen LogP contribution in [-0.2, 0) is 11.3 Å². The van der Waals surface area contributed by atoms with E-state index in [1.807, 2.05) is 36.4 Å². The fourth-order valence-electron chi connectivity index (χ4n) is 4.29. The highest BCUT2D eigenvalue weighted by molar-refractivity contribution is 5.82. The number of nitrogens with one attached hydrogen (secondary N) is 2. The second-order valence-corrected chi connectivity index (χ2v) is 8.77. The summed E-state index contributed by atoms with van der Waals surface area (Å²) in [7, 11) is 0. The van der Waals surface area contributed by atoms with E-state index < -0.39 is 0 Å². The van der Waals surface area contributed by atoms with Crippen LogP contribution in [0.2, 0.25) is 0 Å². The zero-order valence-electron chi connectivity index (χ0n) is 19.2. The van der Waals surface area contributed by atoms with Gasteiger partial charge in [-0.15, -0.1) is 0 Å². The molecule has 7 nitrogen and oxygen atoms in total. The Hall–Kier alpha value is -4.00. The number of hydrogen-bond acceptors (Lipinski definition) is 6. The summed E-state index contributed by atoms with van der Waals surface area (Å²) in [5.74, 6) is 1.37. The number of para-hydroxylation sites is 1. The predicted molar refractivity (Wildman–Crippen MR) is 135 cm³/mol. The van der Waals surface area contributed by atoms with Crippen LogP contribution in [0.15, 0.2) is 73.1 Å². The number of anilines is 3. The first-order chi connectivity index (χ1) is 16.6. The average molecular weight is 453 g/mol. The SMILES string of the molecule is Cc1ccc(CNC(=O)[C@H]2CCCN(c3ccnc(Nc4cnc5ccccc5c4)n3)C2)cc1. The van der Waals surface area contributed by atoms with Gasteiger partial charge in [0.2, 0.25) is 11.9 Å². The lowest BCUT2D eigenvalue weighted by molar-refractivity contribution is -0.125. The molecule has 1 aliphatic heterocycles. The smallest absolute Gasteiger partial charge is 0.229 e. The number of amides is 1. The number of nitrogens with zero attached hydrogens (tertiary/aromatic N) is 4. The number of fused-ring (bicyclic) bond motifs is 1. The van der Waals surface area contributed by atoms with E-state index in [-0.39, 0.29) is 11.8 Å². The maximum absolute atomic E-state index is 12.8. The molecular weight excluding hydrogens is 424 g/mol. The van der Waals surface area contributed by atoms with Gasteiger partial charge in [0.25, 0.3) is 0 Å². The topological polar surface area (TPSA) is 83.0 Å². The van der Waals surface area contributed by atoms with Crippen LogP contribution in [-0.4, -0.2) is 33.9 Å². The number of carbonyl (C=O) groups is 1. The molecule has 1 amide bonds. The summed E-state index contributed by atoms with van der Waals surface area (Å²) >= 11 is 0. The number of benzene rings is 2. The Labute approximate surface area is 199 Å². The lowest BCUT2D eigenvalue weighted by atomic mass is 9.97. The van der Waals surface area contributed by atoms with Gasteiger partial charge < -0.3 is 15.5 Å². The molecule has 0 aliphatic carbocycles. The monoisotopic (exact) mass is 452 g/mol. The highest BCUT2D eigenvalue weighted by atomic mass is 16.1. The highest BCUT2D eigenvalue weighted by Crippen LogP contribution is 2.24. The predicted octanol–water partition coefficient (Wildman–Crippen LogP) is 4.61. The van der Waals surface area contributed by atoms with Gasteiger partial charge in [0.15, 0.2) is 0 Å². The Morgan fingerprint density at radius 3 is 2.82 bits per heavy atom. The average Bonchev–Trinajstić information content (AvgIpc) is 2.88. The molecule has 7 heteroatoms. The van der Waals surface area contributed by atoms with Gasteiger partial charge in [-0.05, 0) is 43.5 Å². The third kappa shape index (κ3) is 5.14. The van der Waals surface area contributed by atoms with Crippen molar-refractivity contribution in [2.45, 2.75) is 26.3 Å². The lowest BCUT2D eigenvalue weighted by Gasteiger charge is -2.33. The maximum Gasteiger partial charge on any atom is 0.229 e. The fourth-order valence-corrected chi connectivity index (χ4v) is 4.29. The Morgan fingerprint density at radius 1 is 1.09 bits per heavy atom. The summed E-state index contributed by atoms with van der Waals surface area (Å²) in [5.41, 5.74) is 4.11. The molecule has 4 aromatic rings. The molecule has 0 radical (unpaired) electrons. The first-order valence-corrected chi connectivity index (χ1v) is 11.7. The van der Waals surface area contributed by atoms with E-state index in [2.05, 4.69) is 56.7 Å². The van der Waals surface area contributed by atoms with Gasteiger partial charge in [-0.25, -0.2) is 4.98 Å². The van der Waals surface area contributed by atoms with Crippen LogP contribution >= 0.6 is 0 Å². The van der Waals surface area contributed by atoms with E-state index in [9.17, 15) is 4.79 Å². The van der Waals surface area contributed by atoms with E-state index in [0.717, 1.165) is 47.4 Å². The van der Waals surface area contributed by atoms with Crippen molar-refractivity contribution in [1.82, 2.24) is 20.3 Å². The van der Waals surface area contributed by atoms with E-state index >= 15 is 0 Å². The van der Waals surface area contributed by atoms with Crippen molar-refractivity contribution in [3.8, 4) is 0 Å². The molecule has 0 unspecified atom stereocenters. The Kier molecular flexibility index (Phi) is 6.33. The largest absolute Gasteiger partial charge is 0.356 e. The number of aryl methyl sites for hydroxylation is 1. The van der Waals surface area contributed by atoms with Crippen molar-refractivity contribution in [3.63, 3.8) is 0 Å². The molecule has 2 aromatic heterocycles. The standard InChI is InChI=1S/C27H28N6O/c1-19-8-10-20(11-9-19)16-30-26(34)22-6-4-14-33(18-22)25-12-13-28-27(32-25)31-23-15-21-5-2-3-7-24(21)29-17-23/h2-3,5,7-13,15,17,22H,4,6,14,16,18H2,1H3,(H,30,34)(H,28,31,32)/t22-/m0/s1. The van der Waals surface area contributed by atoms with Gasteiger partial charge in [-0.3, -0.25) is 9.78 Å². The van der Waals surface area contributed by atoms with Crippen molar-refractivity contribution in [3.05, 3.63) is 84.2 Å². The highest BCUT2D eigenvalue weighted by Gasteiger charge is 2.26. The van der Waals surface area contributed by atoms with Crippen molar-refractivity contribution in [2.75, 3.05) is 23.3 Å². The van der Waals surface area contributed by atoms with Gasteiger partial charge in [-0.2, -0.15) is 4.98 Å². The molecule has 2 aromatic carbocycles. The molecule has 172 valence electrons. The minimum atomic E-state index is -0.0599. The Morgan fingerprint density at radius 2 is 1.94 bits per heavy atom. The zero-order valence-corrected chi connectivity index (χ0v) is 19.2. The molecule has 1 aliphatic rings. The van der Waals surface area contributed by atoms with Crippen molar-refractivity contribution in [1.29, 1.82) is 0 Å². The number of aromatic nitrogens is 3. The van der Waals surface area contributed by atoms with Crippen LogP contribution in [0.1, 0.15) is 24.0 Å². The second-order valence-electron chi connectivity index (χ2n) is 8.77. The van der Waals surface area contributed by atoms with Crippen LogP contribution in [0.3, 0.4) is 0 Å². The fraction of sp³-hybridized carbons (Fsp3) is 0.259. The van der Waals surface area contributed by atoms with Crippen LogP contribution < -0.4 is 15.5 Å². The Balaban J connectivity index is 1.23. The molecular formula is C27H28N6O. The zero-order chi connectivity index (χ0) is 23.3. The van der Waals surface area contributed by atoms with Gasteiger partial charge in [0.1, 0.15) is 5.82 Å². The molecule has 1 fully saturated rings. The molecule has 1 saturated heterocycles. The first kappa shape index (κ1) is 21.8. The van der Waals surface area contributed by atoms with Crippen molar-refractivity contribution < 1.29 is 4.79 Å². The molecule has 2 N–H and O–H groups in total. The summed E-state index contributed by atoms with van der Waals surface area (Å²) in [5, 5.41) is 7.42. The summed E-state index contributed by atoms with van der Waals surface area (Å²) in [6.45, 7) is 4.13. The van der Waals surface area contributed by atoms with Crippen LogP contribution in [0.25, 0.3) is 10.9 Å². The maximum atomic E-state index is 12.8. The molecule has 0 bridgehead atoms. The van der Waals surface area contributed by atoms with Gasteiger partial charge in [0, 0.05) is 31.2 Å². The second kappa shape index (κ2) is 9.87. The third-order valence-electron chi connectivity index (χ3n) is 6.19. The lowest BCUT2D eigenvalue weighted by Crippen LogP contribution is -2.43. The van der Waals surface area contributed by atoms with Crippen molar-refractivity contribution >= 4 is 34.3 Å². The summed E-state index contributed by atoms with van der Waals surface area (Å²) in [4.78, 5) is 28.6. The van der Waals surface area contributed by atoms with Crippen LogP contribution in [0.5, 0.6) is 0 Å². The molecule has 1 atom stereocenters. The van der Waals surface area contributed by atoms with E-state index in [4.69, 9.17) is 4.98 Å². The van der Waals surface area contributed by atoms with Gasteiger partial charge in [-0.1, -0.05) is 48.0 Å². The van der Waals surface area contributed by atoms with E-state index in [1.54, 1.807) is 12.4 Å². The minimum Gasteiger partial charge on any atom is -0.356 e. The summed E-state index contributed by atoms with van der Waals surface area (Å²) in [6.07, 6.45) is 5.37. The van der Waals surface area contributed by atoms with Gasteiger partial charge in [0.05, 0.1) is 23.3 Å². The normalized spacial score (nSPS) is 15.8. The number of carbonyl (C=O) groups excluding carboxylic acids is 1. The quantitative estimate of drug-likeness (QED) is 0.445. The number of hydrogen-bond donors (Lipinski definition) is 2. The molecule has 5 rings (SSSR count). The first-order valence-electron chi connectivity index (χ1n) is 11.7. The van der Waals surface area contributed by atoms with E-state index in [0.29, 0.717) is 19.0 Å².